The first-order chi connectivity index (χ1) is 7.02. The van der Waals surface area contributed by atoms with Gasteiger partial charge in [-0.1, -0.05) is 19.3 Å². The third-order valence-electron chi connectivity index (χ3n) is 3.06. The van der Waals surface area contributed by atoms with Crippen LogP contribution < -0.4 is 11.5 Å². The van der Waals surface area contributed by atoms with Crippen LogP contribution in [0.15, 0.2) is 0 Å². The molecule has 0 aromatic heterocycles. The number of likely N-dealkylation sites (tertiary alicyclic amines) is 1. The Kier molecular flexibility index (Phi) is 4.54. The lowest BCUT2D eigenvalue weighted by atomic mass is 10.0. The van der Waals surface area contributed by atoms with Gasteiger partial charge in [0.1, 0.15) is 5.54 Å². The largest absolute Gasteiger partial charge is 0.368 e. The van der Waals surface area contributed by atoms with Crippen molar-refractivity contribution in [3.05, 3.63) is 0 Å². The average molecular weight is 213 g/mol. The Morgan fingerprint density at radius 2 is 1.67 bits per heavy atom. The van der Waals surface area contributed by atoms with Crippen LogP contribution in [-0.2, 0) is 4.79 Å². The predicted molar refractivity (Wildman–Crippen MR) is 61.3 cm³/mol. The van der Waals surface area contributed by atoms with E-state index in [1.165, 1.54) is 32.1 Å². The highest BCUT2D eigenvalue weighted by molar-refractivity contribution is 5.84. The summed E-state index contributed by atoms with van der Waals surface area (Å²) in [6.45, 7) is 4.39. The Balaban J connectivity index is 2.44. The smallest absolute Gasteiger partial charge is 0.238 e. The minimum atomic E-state index is -0.890. The van der Waals surface area contributed by atoms with Crippen molar-refractivity contribution in [3.63, 3.8) is 0 Å². The van der Waals surface area contributed by atoms with Gasteiger partial charge in [-0.3, -0.25) is 4.79 Å². The van der Waals surface area contributed by atoms with Crippen LogP contribution in [0.5, 0.6) is 0 Å². The van der Waals surface area contributed by atoms with Gasteiger partial charge in [-0.2, -0.15) is 0 Å². The van der Waals surface area contributed by atoms with Gasteiger partial charge in [0.05, 0.1) is 0 Å². The first-order valence-electron chi connectivity index (χ1n) is 5.83. The fourth-order valence-corrected chi connectivity index (χ4v) is 2.01. The summed E-state index contributed by atoms with van der Waals surface area (Å²) in [6.07, 6.45) is 6.32. The SMILES string of the molecule is CC(N)(CN1CCCCCCC1)C(N)=O. The van der Waals surface area contributed by atoms with Crippen LogP contribution in [0.4, 0.5) is 0 Å². The molecule has 0 spiro atoms. The molecule has 4 N–H and O–H groups in total. The molecular weight excluding hydrogens is 190 g/mol. The monoisotopic (exact) mass is 213 g/mol. The second kappa shape index (κ2) is 5.47. The third kappa shape index (κ3) is 4.18. The van der Waals surface area contributed by atoms with E-state index >= 15 is 0 Å². The standard InChI is InChI=1S/C11H23N3O/c1-11(13,10(12)15)9-14-7-5-3-2-4-6-8-14/h2-9,13H2,1H3,(H2,12,15). The fourth-order valence-electron chi connectivity index (χ4n) is 2.01. The number of hydrogen-bond acceptors (Lipinski definition) is 3. The zero-order valence-corrected chi connectivity index (χ0v) is 9.67. The zero-order valence-electron chi connectivity index (χ0n) is 9.67. The molecule has 0 bridgehead atoms. The van der Waals surface area contributed by atoms with Crippen molar-refractivity contribution in [2.75, 3.05) is 19.6 Å². The summed E-state index contributed by atoms with van der Waals surface area (Å²) in [6, 6.07) is 0. The molecule has 1 saturated heterocycles. The van der Waals surface area contributed by atoms with Crippen LogP contribution in [0.2, 0.25) is 0 Å². The second-order valence-electron chi connectivity index (χ2n) is 4.83. The van der Waals surface area contributed by atoms with Gasteiger partial charge < -0.3 is 16.4 Å². The van der Waals surface area contributed by atoms with E-state index in [4.69, 9.17) is 11.5 Å². The van der Waals surface area contributed by atoms with Crippen LogP contribution >= 0.6 is 0 Å². The van der Waals surface area contributed by atoms with Gasteiger partial charge in [0, 0.05) is 6.54 Å². The van der Waals surface area contributed by atoms with E-state index in [0.29, 0.717) is 6.54 Å². The van der Waals surface area contributed by atoms with E-state index in [2.05, 4.69) is 4.90 Å². The van der Waals surface area contributed by atoms with Crippen LogP contribution in [0.3, 0.4) is 0 Å². The Morgan fingerprint density at radius 3 is 2.13 bits per heavy atom. The number of nitrogens with two attached hydrogens (primary N) is 2. The Labute approximate surface area is 92.0 Å². The first-order valence-corrected chi connectivity index (χ1v) is 5.83. The Bertz CT molecular complexity index is 208. The highest BCUT2D eigenvalue weighted by Gasteiger charge is 2.28. The number of hydrogen-bond donors (Lipinski definition) is 2. The molecule has 0 aromatic carbocycles. The quantitative estimate of drug-likeness (QED) is 0.715. The Hall–Kier alpha value is -0.610. The molecule has 1 amide bonds. The molecule has 0 radical (unpaired) electrons. The van der Waals surface area contributed by atoms with Gasteiger partial charge in [0.2, 0.25) is 5.91 Å². The maximum Gasteiger partial charge on any atom is 0.238 e. The molecule has 0 aromatic rings. The predicted octanol–water partition coefficient (Wildman–Crippen LogP) is 0.455. The maximum absolute atomic E-state index is 11.1. The van der Waals surface area contributed by atoms with Crippen molar-refractivity contribution in [2.24, 2.45) is 11.5 Å². The van der Waals surface area contributed by atoms with Gasteiger partial charge in [-0.25, -0.2) is 0 Å². The van der Waals surface area contributed by atoms with Crippen LogP contribution in [0.25, 0.3) is 0 Å². The normalized spacial score (nSPS) is 23.9. The third-order valence-corrected chi connectivity index (χ3v) is 3.06. The molecule has 4 heteroatoms. The molecule has 1 aliphatic rings. The van der Waals surface area contributed by atoms with E-state index in [-0.39, 0.29) is 0 Å². The van der Waals surface area contributed by atoms with E-state index < -0.39 is 11.4 Å². The molecule has 0 aliphatic carbocycles. The number of primary amides is 1. The summed E-state index contributed by atoms with van der Waals surface area (Å²) in [5, 5.41) is 0. The van der Waals surface area contributed by atoms with Gasteiger partial charge in [0.15, 0.2) is 0 Å². The summed E-state index contributed by atoms with van der Waals surface area (Å²) < 4.78 is 0. The highest BCUT2D eigenvalue weighted by atomic mass is 16.1. The minimum absolute atomic E-state index is 0.412. The van der Waals surface area contributed by atoms with E-state index in [1.807, 2.05) is 0 Å². The molecule has 1 atom stereocenters. The van der Waals surface area contributed by atoms with Crippen molar-refractivity contribution < 1.29 is 4.79 Å². The average Bonchev–Trinajstić information content (AvgIpc) is 2.09. The summed E-state index contributed by atoms with van der Waals surface area (Å²) in [4.78, 5) is 13.4. The maximum atomic E-state index is 11.1. The van der Waals surface area contributed by atoms with E-state index in [0.717, 1.165) is 13.1 Å². The van der Waals surface area contributed by atoms with Gasteiger partial charge in [-0.15, -0.1) is 0 Å². The van der Waals surface area contributed by atoms with E-state index in [9.17, 15) is 4.79 Å². The van der Waals surface area contributed by atoms with Crippen molar-refractivity contribution in [3.8, 4) is 0 Å². The summed E-state index contributed by atoms with van der Waals surface area (Å²) in [7, 11) is 0. The molecule has 1 fully saturated rings. The molecular formula is C11H23N3O. The van der Waals surface area contributed by atoms with Crippen LogP contribution in [0.1, 0.15) is 39.0 Å². The summed E-state index contributed by atoms with van der Waals surface area (Å²) in [5.74, 6) is -0.412. The second-order valence-corrected chi connectivity index (χ2v) is 4.83. The number of amides is 1. The number of carbonyl (C=O) groups excluding carboxylic acids is 1. The van der Waals surface area contributed by atoms with Crippen LogP contribution in [-0.4, -0.2) is 36.0 Å². The molecule has 88 valence electrons. The minimum Gasteiger partial charge on any atom is -0.368 e. The molecule has 0 saturated carbocycles. The molecule has 1 aliphatic heterocycles. The van der Waals surface area contributed by atoms with Crippen LogP contribution in [0, 0.1) is 0 Å². The number of nitrogens with zero attached hydrogens (tertiary/aromatic N) is 1. The molecule has 1 rings (SSSR count). The lowest BCUT2D eigenvalue weighted by Gasteiger charge is -2.31. The van der Waals surface area contributed by atoms with Crippen molar-refractivity contribution in [1.29, 1.82) is 0 Å². The highest BCUT2D eigenvalue weighted by Crippen LogP contribution is 2.12. The zero-order chi connectivity index (χ0) is 11.3. The number of rotatable bonds is 3. The fraction of sp³-hybridized carbons (Fsp3) is 0.909. The molecule has 15 heavy (non-hydrogen) atoms. The lowest BCUT2D eigenvalue weighted by Crippen LogP contribution is -2.57. The topological polar surface area (TPSA) is 72.3 Å². The molecule has 1 unspecified atom stereocenters. The van der Waals surface area contributed by atoms with Crippen molar-refractivity contribution in [2.45, 2.75) is 44.6 Å². The summed E-state index contributed by atoms with van der Waals surface area (Å²) >= 11 is 0. The Morgan fingerprint density at radius 1 is 1.20 bits per heavy atom. The van der Waals surface area contributed by atoms with Gasteiger partial charge in [-0.05, 0) is 32.9 Å². The van der Waals surface area contributed by atoms with Gasteiger partial charge >= 0.3 is 0 Å². The first kappa shape index (κ1) is 12.5. The molecule has 1 heterocycles. The molecule has 4 nitrogen and oxygen atoms in total. The van der Waals surface area contributed by atoms with E-state index in [1.54, 1.807) is 6.92 Å². The summed E-state index contributed by atoms with van der Waals surface area (Å²) in [5.41, 5.74) is 10.2. The lowest BCUT2D eigenvalue weighted by molar-refractivity contribution is -0.123. The van der Waals surface area contributed by atoms with Crippen molar-refractivity contribution >= 4 is 5.91 Å². The van der Waals surface area contributed by atoms with Crippen molar-refractivity contribution in [1.82, 2.24) is 4.90 Å². The number of carbonyl (C=O) groups is 1. The van der Waals surface area contributed by atoms with Gasteiger partial charge in [0.25, 0.3) is 0 Å².